The molecule has 0 fully saturated rings. The van der Waals surface area contributed by atoms with E-state index in [4.69, 9.17) is 22.0 Å². The third-order valence-corrected chi connectivity index (χ3v) is 2.80. The molecule has 0 radical (unpaired) electrons. The van der Waals surface area contributed by atoms with Gasteiger partial charge in [0.05, 0.1) is 0 Å². The lowest BCUT2D eigenvalue weighted by molar-refractivity contribution is -0.160. The molecule has 0 aromatic carbocycles. The van der Waals surface area contributed by atoms with Crippen molar-refractivity contribution < 1.29 is 24.2 Å². The van der Waals surface area contributed by atoms with Crippen molar-refractivity contribution in [1.82, 2.24) is 5.32 Å². The predicted octanol–water partition coefficient (Wildman–Crippen LogP) is -0.318. The lowest BCUT2D eigenvalue weighted by Crippen LogP contribution is -2.36. The summed E-state index contributed by atoms with van der Waals surface area (Å²) in [5, 5.41) is 18.0. The van der Waals surface area contributed by atoms with Crippen LogP contribution in [0.15, 0.2) is 0 Å². The summed E-state index contributed by atoms with van der Waals surface area (Å²) in [6.07, 6.45) is 2.48. The number of hydrogen-bond acceptors (Lipinski definition) is 6. The Hall–Kier alpha value is -2.16. The number of nitrogens with two attached hydrogens (primary N) is 2. The topological polar surface area (TPSA) is 169 Å². The molecule has 0 bridgehead atoms. The molecule has 0 rings (SSSR count). The van der Waals surface area contributed by atoms with Gasteiger partial charge in [0.1, 0.15) is 6.04 Å². The van der Waals surface area contributed by atoms with Crippen LogP contribution in [0.3, 0.4) is 0 Å². The number of rotatable bonds is 11. The predicted molar refractivity (Wildman–Crippen MR) is 78.9 cm³/mol. The van der Waals surface area contributed by atoms with E-state index in [2.05, 4.69) is 10.1 Å². The van der Waals surface area contributed by atoms with E-state index in [-0.39, 0.29) is 18.8 Å². The normalized spacial score (nSPS) is 11.5. The summed E-state index contributed by atoms with van der Waals surface area (Å²) in [5.41, 5.74) is 10.7. The fourth-order valence-corrected chi connectivity index (χ4v) is 1.62. The number of aliphatic carboxylic acids is 1. The monoisotopic (exact) mass is 316 g/mol. The van der Waals surface area contributed by atoms with Crippen molar-refractivity contribution in [1.29, 1.82) is 5.41 Å². The summed E-state index contributed by atoms with van der Waals surface area (Å²) >= 11 is 0. The van der Waals surface area contributed by atoms with Crippen molar-refractivity contribution in [3.05, 3.63) is 0 Å². The largest absolute Gasteiger partial charge is 0.481 e. The molecule has 0 amide bonds. The Morgan fingerprint density at radius 1 is 1.14 bits per heavy atom. The van der Waals surface area contributed by atoms with Gasteiger partial charge in [-0.05, 0) is 25.7 Å². The molecule has 0 aromatic rings. The minimum absolute atomic E-state index is 0.0595. The Morgan fingerprint density at radius 3 is 2.36 bits per heavy atom. The molecule has 1 atom stereocenters. The van der Waals surface area contributed by atoms with E-state index in [1.807, 2.05) is 0 Å². The van der Waals surface area contributed by atoms with Gasteiger partial charge in [-0.1, -0.05) is 6.42 Å². The highest BCUT2D eigenvalue weighted by Gasteiger charge is 2.18. The van der Waals surface area contributed by atoms with Crippen molar-refractivity contribution in [2.75, 3.05) is 6.54 Å². The molecule has 9 nitrogen and oxygen atoms in total. The number of nitrogens with one attached hydrogen (secondary N) is 2. The lowest BCUT2D eigenvalue weighted by atomic mass is 10.1. The number of carboxylic acid groups (broad SMARTS) is 1. The van der Waals surface area contributed by atoms with E-state index in [1.54, 1.807) is 0 Å². The number of ether oxygens (including phenoxy) is 1. The van der Waals surface area contributed by atoms with Gasteiger partial charge in [0.2, 0.25) is 0 Å². The van der Waals surface area contributed by atoms with Crippen molar-refractivity contribution in [2.45, 2.75) is 51.0 Å². The molecule has 9 heteroatoms. The SMILES string of the molecule is N=C(N)NCCC[C@H](N)C(=O)OC(=O)CCCCCC(=O)O. The Bertz CT molecular complexity index is 400. The van der Waals surface area contributed by atoms with Gasteiger partial charge in [-0.2, -0.15) is 0 Å². The molecule has 7 N–H and O–H groups in total. The van der Waals surface area contributed by atoms with Gasteiger partial charge in [-0.25, -0.2) is 4.79 Å². The van der Waals surface area contributed by atoms with Crippen LogP contribution in [0.5, 0.6) is 0 Å². The first-order valence-electron chi connectivity index (χ1n) is 7.12. The lowest BCUT2D eigenvalue weighted by Gasteiger charge is -2.10. The molecule has 0 aliphatic carbocycles. The van der Waals surface area contributed by atoms with Crippen molar-refractivity contribution >= 4 is 23.9 Å². The van der Waals surface area contributed by atoms with Crippen LogP contribution >= 0.6 is 0 Å². The molecular weight excluding hydrogens is 292 g/mol. The molecule has 0 aliphatic heterocycles. The molecule has 0 heterocycles. The van der Waals surface area contributed by atoms with Gasteiger partial charge in [-0.15, -0.1) is 0 Å². The van der Waals surface area contributed by atoms with E-state index >= 15 is 0 Å². The van der Waals surface area contributed by atoms with Crippen molar-refractivity contribution in [2.24, 2.45) is 11.5 Å². The zero-order valence-corrected chi connectivity index (χ0v) is 12.5. The van der Waals surface area contributed by atoms with Gasteiger partial charge in [-0.3, -0.25) is 15.0 Å². The second-order valence-electron chi connectivity index (χ2n) is 4.84. The maximum absolute atomic E-state index is 11.5. The molecule has 0 saturated heterocycles. The molecule has 22 heavy (non-hydrogen) atoms. The standard InChI is InChI=1S/C13H24N4O5/c14-9(5-4-8-17-13(15)16)12(21)22-11(20)7-3-1-2-6-10(18)19/h9H,1-8,14H2,(H,18,19)(H4,15,16,17)/t9-/m0/s1. The molecule has 126 valence electrons. The smallest absolute Gasteiger partial charge is 0.330 e. The van der Waals surface area contributed by atoms with Crippen LogP contribution in [0.4, 0.5) is 0 Å². The zero-order valence-electron chi connectivity index (χ0n) is 12.5. The highest BCUT2D eigenvalue weighted by Crippen LogP contribution is 2.05. The number of carbonyl (C=O) groups is 3. The maximum Gasteiger partial charge on any atom is 0.330 e. The van der Waals surface area contributed by atoms with E-state index in [0.29, 0.717) is 38.6 Å². The third kappa shape index (κ3) is 11.6. The Morgan fingerprint density at radius 2 is 1.77 bits per heavy atom. The Kier molecular flexibility index (Phi) is 10.4. The highest BCUT2D eigenvalue weighted by atomic mass is 16.6. The van der Waals surface area contributed by atoms with Crippen LogP contribution in [0.1, 0.15) is 44.9 Å². The van der Waals surface area contributed by atoms with Crippen LogP contribution in [0, 0.1) is 5.41 Å². The summed E-state index contributed by atoms with van der Waals surface area (Å²) in [4.78, 5) is 33.2. The molecule has 0 spiro atoms. The van der Waals surface area contributed by atoms with Crippen LogP contribution in [0.2, 0.25) is 0 Å². The summed E-state index contributed by atoms with van der Waals surface area (Å²) in [7, 11) is 0. The Labute approximate surface area is 128 Å². The number of carbonyl (C=O) groups excluding carboxylic acids is 2. The van der Waals surface area contributed by atoms with Gasteiger partial charge in [0.15, 0.2) is 5.96 Å². The third-order valence-electron chi connectivity index (χ3n) is 2.80. The average Bonchev–Trinajstić information content (AvgIpc) is 2.42. The fraction of sp³-hybridized carbons (Fsp3) is 0.692. The first-order valence-corrected chi connectivity index (χ1v) is 7.12. The van der Waals surface area contributed by atoms with Gasteiger partial charge in [0.25, 0.3) is 0 Å². The molecule has 0 saturated carbocycles. The second-order valence-corrected chi connectivity index (χ2v) is 4.84. The molecular formula is C13H24N4O5. The van der Waals surface area contributed by atoms with E-state index in [0.717, 1.165) is 0 Å². The quantitative estimate of drug-likeness (QED) is 0.113. The zero-order chi connectivity index (χ0) is 17.0. The van der Waals surface area contributed by atoms with Gasteiger partial charge >= 0.3 is 17.9 Å². The van der Waals surface area contributed by atoms with Crippen molar-refractivity contribution in [3.8, 4) is 0 Å². The number of carboxylic acids is 1. The average molecular weight is 316 g/mol. The fourth-order valence-electron chi connectivity index (χ4n) is 1.62. The van der Waals surface area contributed by atoms with Crippen LogP contribution < -0.4 is 16.8 Å². The minimum atomic E-state index is -0.898. The van der Waals surface area contributed by atoms with Crippen LogP contribution in [-0.2, 0) is 19.1 Å². The molecule has 0 unspecified atom stereocenters. The Balaban J connectivity index is 3.73. The number of guanidine groups is 1. The van der Waals surface area contributed by atoms with E-state index < -0.39 is 23.9 Å². The van der Waals surface area contributed by atoms with Crippen LogP contribution in [-0.4, -0.2) is 41.6 Å². The second kappa shape index (κ2) is 11.5. The van der Waals surface area contributed by atoms with Gasteiger partial charge in [0, 0.05) is 19.4 Å². The summed E-state index contributed by atoms with van der Waals surface area (Å²) < 4.78 is 4.61. The summed E-state index contributed by atoms with van der Waals surface area (Å²) in [6.45, 7) is 0.411. The van der Waals surface area contributed by atoms with Crippen molar-refractivity contribution in [3.63, 3.8) is 0 Å². The molecule has 0 aliphatic rings. The minimum Gasteiger partial charge on any atom is -0.481 e. The van der Waals surface area contributed by atoms with E-state index in [1.165, 1.54) is 0 Å². The summed E-state index contributed by atoms with van der Waals surface area (Å²) in [5.74, 6) is -2.46. The highest BCUT2D eigenvalue weighted by molar-refractivity contribution is 5.88. The number of unbranched alkanes of at least 4 members (excludes halogenated alkanes) is 2. The number of esters is 2. The summed E-state index contributed by atoms with van der Waals surface area (Å²) in [6, 6.07) is -0.898. The van der Waals surface area contributed by atoms with E-state index in [9.17, 15) is 14.4 Å². The first-order chi connectivity index (χ1) is 10.3. The van der Waals surface area contributed by atoms with Crippen LogP contribution in [0.25, 0.3) is 0 Å². The maximum atomic E-state index is 11.5. The number of hydrogen-bond donors (Lipinski definition) is 5. The first kappa shape index (κ1) is 19.8. The van der Waals surface area contributed by atoms with Gasteiger partial charge < -0.3 is 26.6 Å². The molecule has 0 aromatic heterocycles.